The number of rotatable bonds is 5. The van der Waals surface area contributed by atoms with Gasteiger partial charge >= 0.3 is 0 Å². The van der Waals surface area contributed by atoms with Crippen molar-refractivity contribution in [2.45, 2.75) is 12.5 Å². The van der Waals surface area contributed by atoms with Gasteiger partial charge in [-0.2, -0.15) is 0 Å². The van der Waals surface area contributed by atoms with Crippen molar-refractivity contribution >= 4 is 12.2 Å². The van der Waals surface area contributed by atoms with E-state index in [2.05, 4.69) is 15.3 Å². The fraction of sp³-hybridized carbons (Fsp3) is 0.375. The molecule has 75 valence electrons. The summed E-state index contributed by atoms with van der Waals surface area (Å²) in [7, 11) is 0. The van der Waals surface area contributed by atoms with E-state index in [4.69, 9.17) is 5.73 Å². The number of amides is 1. The normalized spacial score (nSPS) is 12.1. The zero-order valence-corrected chi connectivity index (χ0v) is 7.49. The van der Waals surface area contributed by atoms with Crippen molar-refractivity contribution in [1.82, 2.24) is 15.3 Å². The topological polar surface area (TPSA) is 101 Å². The fourth-order valence-electron chi connectivity index (χ4n) is 0.987. The SMILES string of the molecule is NCC(=O)N[C@@H]([C]=O)Cc1c[nH]cn1. The third-order valence-corrected chi connectivity index (χ3v) is 1.63. The van der Waals surface area contributed by atoms with Crippen LogP contribution in [-0.4, -0.2) is 34.7 Å². The lowest BCUT2D eigenvalue weighted by molar-refractivity contribution is -0.120. The van der Waals surface area contributed by atoms with E-state index < -0.39 is 6.04 Å². The summed E-state index contributed by atoms with van der Waals surface area (Å²) in [6, 6.07) is -0.686. The Kier molecular flexibility index (Phi) is 3.81. The molecule has 0 saturated heterocycles. The highest BCUT2D eigenvalue weighted by atomic mass is 16.2. The van der Waals surface area contributed by atoms with Gasteiger partial charge in [0, 0.05) is 12.6 Å². The Hall–Kier alpha value is -1.69. The molecule has 1 aromatic heterocycles. The zero-order valence-electron chi connectivity index (χ0n) is 7.49. The number of carbonyl (C=O) groups is 1. The summed E-state index contributed by atoms with van der Waals surface area (Å²) in [4.78, 5) is 28.0. The Balaban J connectivity index is 2.47. The molecule has 6 nitrogen and oxygen atoms in total. The number of nitrogens with two attached hydrogens (primary N) is 1. The Bertz CT molecular complexity index is 296. The molecule has 0 spiro atoms. The van der Waals surface area contributed by atoms with E-state index in [-0.39, 0.29) is 12.5 Å². The highest BCUT2D eigenvalue weighted by molar-refractivity contribution is 5.81. The maximum absolute atomic E-state index is 10.9. The zero-order chi connectivity index (χ0) is 10.4. The molecule has 1 amide bonds. The van der Waals surface area contributed by atoms with Gasteiger partial charge in [-0.15, -0.1) is 0 Å². The van der Waals surface area contributed by atoms with Crippen molar-refractivity contribution in [3.8, 4) is 0 Å². The second-order valence-corrected chi connectivity index (χ2v) is 2.71. The van der Waals surface area contributed by atoms with Gasteiger partial charge in [0.15, 0.2) is 0 Å². The molecule has 1 rings (SSSR count). The van der Waals surface area contributed by atoms with Crippen LogP contribution in [0, 0.1) is 0 Å². The van der Waals surface area contributed by atoms with Crippen LogP contribution in [0.1, 0.15) is 5.69 Å². The quantitative estimate of drug-likeness (QED) is 0.532. The molecule has 0 aliphatic rings. The molecule has 0 unspecified atom stereocenters. The minimum atomic E-state index is -0.686. The highest BCUT2D eigenvalue weighted by Gasteiger charge is 2.12. The first-order valence-electron chi connectivity index (χ1n) is 4.11. The lowest BCUT2D eigenvalue weighted by Gasteiger charge is -2.08. The van der Waals surface area contributed by atoms with Crippen molar-refractivity contribution in [3.05, 3.63) is 18.2 Å². The van der Waals surface area contributed by atoms with Crippen LogP contribution < -0.4 is 11.1 Å². The summed E-state index contributed by atoms with van der Waals surface area (Å²) < 4.78 is 0. The predicted molar refractivity (Wildman–Crippen MR) is 49.0 cm³/mol. The van der Waals surface area contributed by atoms with E-state index in [1.807, 2.05) is 0 Å². The summed E-state index contributed by atoms with van der Waals surface area (Å²) in [6.45, 7) is -0.140. The number of carbonyl (C=O) groups excluding carboxylic acids is 2. The monoisotopic (exact) mass is 195 g/mol. The molecule has 1 heterocycles. The van der Waals surface area contributed by atoms with Crippen molar-refractivity contribution in [1.29, 1.82) is 0 Å². The Morgan fingerprint density at radius 1 is 1.79 bits per heavy atom. The molecule has 0 aliphatic heterocycles. The minimum absolute atomic E-state index is 0.140. The van der Waals surface area contributed by atoms with Crippen LogP contribution in [0.5, 0.6) is 0 Å². The number of nitrogens with zero attached hydrogens (tertiary/aromatic N) is 1. The molecule has 4 N–H and O–H groups in total. The standard InChI is InChI=1S/C8H11N4O2/c9-2-8(14)12-7(4-13)1-6-3-10-5-11-6/h3,5,7H,1-2,9H2,(H,10,11)(H,12,14)/t7-/m1/s1. The number of hydrogen-bond donors (Lipinski definition) is 3. The van der Waals surface area contributed by atoms with Crippen molar-refractivity contribution in [2.24, 2.45) is 5.73 Å². The van der Waals surface area contributed by atoms with Gasteiger partial charge in [-0.3, -0.25) is 9.59 Å². The fourth-order valence-corrected chi connectivity index (χ4v) is 0.987. The average molecular weight is 195 g/mol. The van der Waals surface area contributed by atoms with Gasteiger partial charge in [0.1, 0.15) is 6.04 Å². The maximum Gasteiger partial charge on any atom is 0.234 e. The molecule has 14 heavy (non-hydrogen) atoms. The van der Waals surface area contributed by atoms with E-state index in [0.29, 0.717) is 12.1 Å². The van der Waals surface area contributed by atoms with Gasteiger partial charge in [-0.25, -0.2) is 4.98 Å². The molecule has 0 bridgehead atoms. The molecule has 0 fully saturated rings. The van der Waals surface area contributed by atoms with Crippen LogP contribution in [0.3, 0.4) is 0 Å². The van der Waals surface area contributed by atoms with E-state index >= 15 is 0 Å². The van der Waals surface area contributed by atoms with E-state index in [1.165, 1.54) is 6.33 Å². The van der Waals surface area contributed by atoms with Gasteiger partial charge in [-0.05, 0) is 0 Å². The van der Waals surface area contributed by atoms with E-state index in [0.717, 1.165) is 0 Å². The molecular formula is C8H11N4O2. The third kappa shape index (κ3) is 2.98. The number of aromatic amines is 1. The first-order valence-corrected chi connectivity index (χ1v) is 4.11. The van der Waals surface area contributed by atoms with E-state index in [9.17, 15) is 9.59 Å². The second kappa shape index (κ2) is 5.13. The van der Waals surface area contributed by atoms with Crippen LogP contribution in [0.25, 0.3) is 0 Å². The molecule has 0 aromatic carbocycles. The van der Waals surface area contributed by atoms with Gasteiger partial charge in [0.05, 0.1) is 18.6 Å². The Morgan fingerprint density at radius 2 is 2.57 bits per heavy atom. The summed E-state index contributed by atoms with van der Waals surface area (Å²) in [5, 5.41) is 2.41. The predicted octanol–water partition coefficient (Wildman–Crippen LogP) is -1.49. The molecule has 6 heteroatoms. The number of nitrogens with one attached hydrogen (secondary N) is 2. The third-order valence-electron chi connectivity index (χ3n) is 1.63. The Labute approximate surface area is 80.9 Å². The van der Waals surface area contributed by atoms with Gasteiger partial charge in [0.25, 0.3) is 0 Å². The van der Waals surface area contributed by atoms with Crippen molar-refractivity contribution < 1.29 is 9.59 Å². The number of H-pyrrole nitrogens is 1. The molecule has 1 radical (unpaired) electrons. The summed E-state index contributed by atoms with van der Waals surface area (Å²) in [5.74, 6) is -0.381. The molecular weight excluding hydrogens is 184 g/mol. The van der Waals surface area contributed by atoms with Crippen LogP contribution in [0.2, 0.25) is 0 Å². The van der Waals surface area contributed by atoms with Crippen molar-refractivity contribution in [2.75, 3.05) is 6.54 Å². The largest absolute Gasteiger partial charge is 0.351 e. The summed E-state index contributed by atoms with van der Waals surface area (Å²) >= 11 is 0. The number of imidazole rings is 1. The van der Waals surface area contributed by atoms with Gasteiger partial charge < -0.3 is 16.0 Å². The van der Waals surface area contributed by atoms with Crippen LogP contribution in [0.4, 0.5) is 0 Å². The molecule has 0 aliphatic carbocycles. The Morgan fingerprint density at radius 3 is 3.07 bits per heavy atom. The van der Waals surface area contributed by atoms with Crippen molar-refractivity contribution in [3.63, 3.8) is 0 Å². The molecule has 1 aromatic rings. The summed E-state index contributed by atoms with van der Waals surface area (Å²) in [5.41, 5.74) is 5.78. The first-order chi connectivity index (χ1) is 6.76. The lowest BCUT2D eigenvalue weighted by Crippen LogP contribution is -2.41. The molecule has 0 saturated carbocycles. The second-order valence-electron chi connectivity index (χ2n) is 2.71. The smallest absolute Gasteiger partial charge is 0.234 e. The lowest BCUT2D eigenvalue weighted by atomic mass is 10.2. The first kappa shape index (κ1) is 10.4. The minimum Gasteiger partial charge on any atom is -0.351 e. The molecule has 1 atom stereocenters. The average Bonchev–Trinajstić information content (AvgIpc) is 2.69. The number of aromatic nitrogens is 2. The number of hydrogen-bond acceptors (Lipinski definition) is 4. The summed E-state index contributed by atoms with van der Waals surface area (Å²) in [6.07, 6.45) is 5.19. The maximum atomic E-state index is 10.9. The van der Waals surface area contributed by atoms with Crippen LogP contribution >= 0.6 is 0 Å². The van der Waals surface area contributed by atoms with E-state index in [1.54, 1.807) is 12.5 Å². The van der Waals surface area contributed by atoms with Gasteiger partial charge in [-0.1, -0.05) is 0 Å². The van der Waals surface area contributed by atoms with Gasteiger partial charge in [0.2, 0.25) is 12.2 Å². The highest BCUT2D eigenvalue weighted by Crippen LogP contribution is 1.95. The van der Waals surface area contributed by atoms with Crippen LogP contribution in [0.15, 0.2) is 12.5 Å². The van der Waals surface area contributed by atoms with Crippen LogP contribution in [-0.2, 0) is 16.0 Å².